The minimum Gasteiger partial charge on any atom is -0.329 e. The molecule has 0 radical (unpaired) electrons. The number of nitrogens with two attached hydrogens (primary N) is 1. The third kappa shape index (κ3) is 4.03. The van der Waals surface area contributed by atoms with Crippen LogP contribution in [0.15, 0.2) is 29.2 Å². The summed E-state index contributed by atoms with van der Waals surface area (Å²) in [5, 5.41) is 2.68. The van der Waals surface area contributed by atoms with Crippen molar-refractivity contribution in [1.82, 2.24) is 4.72 Å². The fraction of sp³-hybridized carbons (Fsp3) is 0.500. The van der Waals surface area contributed by atoms with E-state index in [2.05, 4.69) is 10.0 Å². The van der Waals surface area contributed by atoms with Gasteiger partial charge in [0.2, 0.25) is 15.9 Å². The number of rotatable bonds is 7. The van der Waals surface area contributed by atoms with Gasteiger partial charge in [0.15, 0.2) is 0 Å². The van der Waals surface area contributed by atoms with Gasteiger partial charge in [0, 0.05) is 13.1 Å². The van der Waals surface area contributed by atoms with Gasteiger partial charge in [-0.15, -0.1) is 0 Å². The molecule has 0 aliphatic carbocycles. The first-order chi connectivity index (χ1) is 9.80. The van der Waals surface area contributed by atoms with Crippen molar-refractivity contribution in [2.24, 2.45) is 11.1 Å². The van der Waals surface area contributed by atoms with Crippen molar-refractivity contribution in [2.75, 3.05) is 18.4 Å². The largest absolute Gasteiger partial charge is 0.329 e. The number of nitrogens with one attached hydrogen (secondary N) is 2. The summed E-state index contributed by atoms with van der Waals surface area (Å²) in [6.45, 7) is 5.79. The average molecular weight is 313 g/mol. The molecule has 0 fully saturated rings. The maximum absolute atomic E-state index is 12.3. The summed E-state index contributed by atoms with van der Waals surface area (Å²) in [5.74, 6) is -0.286. The van der Waals surface area contributed by atoms with Crippen LogP contribution >= 0.6 is 0 Å². The minimum atomic E-state index is -3.64. The maximum atomic E-state index is 12.3. The number of sulfonamides is 1. The SMILES string of the molecule is CCNS(=O)(=O)c1ccccc1NC(=O)C(C)(CC)CN. The summed E-state index contributed by atoms with van der Waals surface area (Å²) < 4.78 is 26.7. The molecule has 1 unspecified atom stereocenters. The van der Waals surface area contributed by atoms with Crippen molar-refractivity contribution >= 4 is 21.6 Å². The molecule has 1 aromatic carbocycles. The van der Waals surface area contributed by atoms with Crippen LogP contribution in [0.3, 0.4) is 0 Å². The number of amides is 1. The molecule has 0 saturated carbocycles. The van der Waals surface area contributed by atoms with E-state index in [0.717, 1.165) is 0 Å². The second-order valence-electron chi connectivity index (χ2n) is 5.07. The van der Waals surface area contributed by atoms with Gasteiger partial charge in [0.25, 0.3) is 0 Å². The lowest BCUT2D eigenvalue weighted by atomic mass is 9.86. The Morgan fingerprint density at radius 2 is 1.90 bits per heavy atom. The zero-order chi connectivity index (χ0) is 16.1. The Hall–Kier alpha value is -1.44. The lowest BCUT2D eigenvalue weighted by molar-refractivity contribution is -0.124. The first-order valence-corrected chi connectivity index (χ1v) is 8.39. The van der Waals surface area contributed by atoms with Gasteiger partial charge in [0.05, 0.1) is 11.1 Å². The van der Waals surface area contributed by atoms with E-state index in [1.54, 1.807) is 32.0 Å². The quantitative estimate of drug-likeness (QED) is 0.706. The molecule has 1 aromatic rings. The van der Waals surface area contributed by atoms with Crippen LogP contribution in [0.1, 0.15) is 27.2 Å². The minimum absolute atomic E-state index is 0.0516. The van der Waals surface area contributed by atoms with Crippen molar-refractivity contribution in [3.05, 3.63) is 24.3 Å². The lowest BCUT2D eigenvalue weighted by Gasteiger charge is -2.25. The van der Waals surface area contributed by atoms with Crippen LogP contribution in [-0.2, 0) is 14.8 Å². The molecular formula is C14H23N3O3S. The van der Waals surface area contributed by atoms with Crippen molar-refractivity contribution in [1.29, 1.82) is 0 Å². The second kappa shape index (κ2) is 7.02. The standard InChI is InChI=1S/C14H23N3O3S/c1-4-14(3,10-15)13(18)17-11-8-6-7-9-12(11)21(19,20)16-5-2/h6-9,16H,4-5,10,15H2,1-3H3,(H,17,18). The summed E-state index contributed by atoms with van der Waals surface area (Å²) >= 11 is 0. The molecule has 118 valence electrons. The van der Waals surface area contributed by atoms with Gasteiger partial charge in [-0.1, -0.05) is 26.0 Å². The highest BCUT2D eigenvalue weighted by molar-refractivity contribution is 7.89. The maximum Gasteiger partial charge on any atom is 0.242 e. The summed E-state index contributed by atoms with van der Waals surface area (Å²) in [4.78, 5) is 12.4. The predicted molar refractivity (Wildman–Crippen MR) is 83.4 cm³/mol. The number of anilines is 1. The highest BCUT2D eigenvalue weighted by Crippen LogP contribution is 2.25. The Balaban J connectivity index is 3.14. The smallest absolute Gasteiger partial charge is 0.242 e. The van der Waals surface area contributed by atoms with E-state index >= 15 is 0 Å². The first-order valence-electron chi connectivity index (χ1n) is 6.91. The molecule has 0 saturated heterocycles. The van der Waals surface area contributed by atoms with Gasteiger partial charge < -0.3 is 11.1 Å². The normalized spacial score (nSPS) is 14.5. The van der Waals surface area contributed by atoms with Crippen LogP contribution in [0.2, 0.25) is 0 Å². The van der Waals surface area contributed by atoms with Gasteiger partial charge in [0.1, 0.15) is 4.90 Å². The van der Waals surface area contributed by atoms with E-state index < -0.39 is 15.4 Å². The summed E-state index contributed by atoms with van der Waals surface area (Å²) in [6, 6.07) is 6.31. The zero-order valence-electron chi connectivity index (χ0n) is 12.6. The molecule has 4 N–H and O–H groups in total. The molecule has 0 aliphatic rings. The molecule has 0 heterocycles. The molecule has 6 nitrogen and oxygen atoms in total. The number of benzene rings is 1. The Bertz CT molecular complexity index is 595. The summed E-state index contributed by atoms with van der Waals surface area (Å²) in [6.07, 6.45) is 0.567. The number of hydrogen-bond acceptors (Lipinski definition) is 4. The van der Waals surface area contributed by atoms with Crippen LogP contribution < -0.4 is 15.8 Å². The Kier molecular flexibility index (Phi) is 5.88. The molecule has 0 aromatic heterocycles. The molecular weight excluding hydrogens is 290 g/mol. The monoisotopic (exact) mass is 313 g/mol. The number of para-hydroxylation sites is 1. The molecule has 1 atom stereocenters. The molecule has 1 amide bonds. The van der Waals surface area contributed by atoms with Gasteiger partial charge in [-0.05, 0) is 25.5 Å². The third-order valence-corrected chi connectivity index (χ3v) is 5.14. The summed E-state index contributed by atoms with van der Waals surface area (Å²) in [5.41, 5.74) is 5.19. The van der Waals surface area contributed by atoms with Crippen LogP contribution in [-0.4, -0.2) is 27.4 Å². The number of carbonyl (C=O) groups excluding carboxylic acids is 1. The van der Waals surface area contributed by atoms with Gasteiger partial charge in [-0.25, -0.2) is 13.1 Å². The van der Waals surface area contributed by atoms with E-state index in [1.165, 1.54) is 6.07 Å². The first kappa shape index (κ1) is 17.6. The molecule has 0 aliphatic heterocycles. The summed E-state index contributed by atoms with van der Waals surface area (Å²) in [7, 11) is -3.64. The Morgan fingerprint density at radius 3 is 2.43 bits per heavy atom. The van der Waals surface area contributed by atoms with E-state index in [4.69, 9.17) is 5.73 Å². The third-order valence-electron chi connectivity index (χ3n) is 3.54. The average Bonchev–Trinajstić information content (AvgIpc) is 2.46. The van der Waals surface area contributed by atoms with Crippen molar-refractivity contribution < 1.29 is 13.2 Å². The zero-order valence-corrected chi connectivity index (χ0v) is 13.5. The van der Waals surface area contributed by atoms with Crippen molar-refractivity contribution in [2.45, 2.75) is 32.1 Å². The highest BCUT2D eigenvalue weighted by atomic mass is 32.2. The van der Waals surface area contributed by atoms with Crippen molar-refractivity contribution in [3.63, 3.8) is 0 Å². The second-order valence-corrected chi connectivity index (χ2v) is 6.81. The molecule has 0 bridgehead atoms. The number of hydrogen-bond donors (Lipinski definition) is 3. The molecule has 1 rings (SSSR count). The van der Waals surface area contributed by atoms with Crippen LogP contribution in [0.5, 0.6) is 0 Å². The highest BCUT2D eigenvalue weighted by Gasteiger charge is 2.30. The Labute approximate surface area is 126 Å². The van der Waals surface area contributed by atoms with E-state index in [9.17, 15) is 13.2 Å². The van der Waals surface area contributed by atoms with Gasteiger partial charge >= 0.3 is 0 Å². The fourth-order valence-electron chi connectivity index (χ4n) is 1.74. The molecule has 7 heteroatoms. The fourth-order valence-corrected chi connectivity index (χ4v) is 2.94. The van der Waals surface area contributed by atoms with Crippen molar-refractivity contribution in [3.8, 4) is 0 Å². The van der Waals surface area contributed by atoms with Crippen LogP contribution in [0.4, 0.5) is 5.69 Å². The van der Waals surface area contributed by atoms with E-state index in [-0.39, 0.29) is 29.6 Å². The predicted octanol–water partition coefficient (Wildman–Crippen LogP) is 1.30. The Morgan fingerprint density at radius 1 is 1.29 bits per heavy atom. The molecule has 21 heavy (non-hydrogen) atoms. The van der Waals surface area contributed by atoms with E-state index in [0.29, 0.717) is 6.42 Å². The molecule has 0 spiro atoms. The van der Waals surface area contributed by atoms with Crippen LogP contribution in [0, 0.1) is 5.41 Å². The topological polar surface area (TPSA) is 101 Å². The van der Waals surface area contributed by atoms with Gasteiger partial charge in [-0.2, -0.15) is 0 Å². The van der Waals surface area contributed by atoms with Gasteiger partial charge in [-0.3, -0.25) is 4.79 Å². The lowest BCUT2D eigenvalue weighted by Crippen LogP contribution is -2.39. The van der Waals surface area contributed by atoms with Crippen LogP contribution in [0.25, 0.3) is 0 Å². The van der Waals surface area contributed by atoms with E-state index in [1.807, 2.05) is 6.92 Å². The number of carbonyl (C=O) groups is 1.